The number of hydrogen-bond donors (Lipinski definition) is 1. The van der Waals surface area contributed by atoms with Crippen molar-refractivity contribution in [2.45, 2.75) is 25.3 Å². The van der Waals surface area contributed by atoms with E-state index in [1.54, 1.807) is 31.3 Å². The summed E-state index contributed by atoms with van der Waals surface area (Å²) in [5, 5.41) is 10.8. The molecule has 0 fully saturated rings. The maximum Gasteiger partial charge on any atom is 0.290 e. The van der Waals surface area contributed by atoms with Gasteiger partial charge in [-0.05, 0) is 53.8 Å². The van der Waals surface area contributed by atoms with Gasteiger partial charge in [-0.3, -0.25) is 9.59 Å². The summed E-state index contributed by atoms with van der Waals surface area (Å²) >= 11 is 0. The molecule has 1 aliphatic rings. The van der Waals surface area contributed by atoms with Gasteiger partial charge in [-0.15, -0.1) is 0 Å². The summed E-state index contributed by atoms with van der Waals surface area (Å²) in [6.45, 7) is 0.349. The molecule has 0 saturated heterocycles. The molecule has 0 saturated carbocycles. The summed E-state index contributed by atoms with van der Waals surface area (Å²) in [4.78, 5) is 28.1. The first-order chi connectivity index (χ1) is 17.0. The maximum absolute atomic E-state index is 13.3. The van der Waals surface area contributed by atoms with Crippen LogP contribution in [0.5, 0.6) is 11.5 Å². The van der Waals surface area contributed by atoms with Crippen molar-refractivity contribution in [1.29, 1.82) is 0 Å². The highest BCUT2D eigenvalue weighted by molar-refractivity contribution is 6.09. The Labute approximate surface area is 205 Å². The molecule has 0 bridgehead atoms. The van der Waals surface area contributed by atoms with Gasteiger partial charge in [-0.1, -0.05) is 54.6 Å². The molecule has 1 aliphatic heterocycles. The van der Waals surface area contributed by atoms with Gasteiger partial charge in [0.15, 0.2) is 11.5 Å². The number of hydrogen-bond acceptors (Lipinski definition) is 5. The number of rotatable bonds is 10. The van der Waals surface area contributed by atoms with Gasteiger partial charge in [0.05, 0.1) is 25.8 Å². The van der Waals surface area contributed by atoms with Crippen molar-refractivity contribution in [2.75, 3.05) is 20.8 Å². The Morgan fingerprint density at radius 3 is 2.00 bits per heavy atom. The Kier molecular flexibility index (Phi) is 7.51. The van der Waals surface area contributed by atoms with Crippen molar-refractivity contribution in [3.05, 3.63) is 107 Å². The van der Waals surface area contributed by atoms with Gasteiger partial charge in [0, 0.05) is 13.0 Å². The van der Waals surface area contributed by atoms with Crippen molar-refractivity contribution in [3.63, 3.8) is 0 Å². The van der Waals surface area contributed by atoms with Crippen LogP contribution in [0.3, 0.4) is 0 Å². The zero-order valence-electron chi connectivity index (χ0n) is 19.9. The fourth-order valence-corrected chi connectivity index (χ4v) is 4.38. The zero-order valence-corrected chi connectivity index (χ0v) is 19.9. The van der Waals surface area contributed by atoms with Gasteiger partial charge in [0.2, 0.25) is 0 Å². The van der Waals surface area contributed by atoms with E-state index in [9.17, 15) is 14.7 Å². The number of ether oxygens (including phenoxy) is 2. The number of amides is 1. The zero-order chi connectivity index (χ0) is 24.8. The van der Waals surface area contributed by atoms with Crippen LogP contribution in [0.2, 0.25) is 0 Å². The number of aryl methyl sites for hydroxylation is 1. The summed E-state index contributed by atoms with van der Waals surface area (Å²) in [6.07, 6.45) is 1.31. The molecular weight excluding hydrogens is 442 g/mol. The molecule has 6 nitrogen and oxygen atoms in total. The number of aliphatic hydroxyl groups is 1. The second kappa shape index (κ2) is 10.9. The quantitative estimate of drug-likeness (QED) is 0.458. The molecule has 1 atom stereocenters. The number of ketones is 1. The molecular formula is C29H29NO5. The topological polar surface area (TPSA) is 76.1 Å². The molecule has 6 heteroatoms. The molecule has 0 radical (unpaired) electrons. The lowest BCUT2D eigenvalue weighted by Crippen LogP contribution is -2.33. The third kappa shape index (κ3) is 5.38. The number of carbonyl (C=O) groups excluding carboxylic acids is 2. The summed E-state index contributed by atoms with van der Waals surface area (Å²) < 4.78 is 10.5. The largest absolute Gasteiger partial charge is 0.503 e. The number of methoxy groups -OCH3 is 2. The minimum atomic E-state index is -0.657. The minimum absolute atomic E-state index is 0.158. The van der Waals surface area contributed by atoms with Crippen LogP contribution in [0.25, 0.3) is 0 Å². The van der Waals surface area contributed by atoms with Crippen molar-refractivity contribution in [3.8, 4) is 11.5 Å². The van der Waals surface area contributed by atoms with Gasteiger partial charge >= 0.3 is 0 Å². The van der Waals surface area contributed by atoms with Crippen LogP contribution in [0.4, 0.5) is 0 Å². The Bertz CT molecular complexity index is 1200. The predicted octanol–water partition coefficient (Wildman–Crippen LogP) is 4.84. The van der Waals surface area contributed by atoms with Crippen molar-refractivity contribution in [1.82, 2.24) is 4.90 Å². The van der Waals surface area contributed by atoms with E-state index >= 15 is 0 Å². The number of nitrogens with zero attached hydrogens (tertiary/aromatic N) is 1. The van der Waals surface area contributed by atoms with Crippen molar-refractivity contribution >= 4 is 11.7 Å². The average Bonchev–Trinajstić information content (AvgIpc) is 3.16. The van der Waals surface area contributed by atoms with Crippen LogP contribution in [-0.2, 0) is 22.4 Å². The van der Waals surface area contributed by atoms with Crippen LogP contribution in [0.1, 0.15) is 29.2 Å². The lowest BCUT2D eigenvalue weighted by molar-refractivity contribution is -0.129. The smallest absolute Gasteiger partial charge is 0.290 e. The minimum Gasteiger partial charge on any atom is -0.503 e. The van der Waals surface area contributed by atoms with E-state index < -0.39 is 17.7 Å². The lowest BCUT2D eigenvalue weighted by atomic mass is 9.93. The second-order valence-electron chi connectivity index (χ2n) is 8.44. The highest BCUT2D eigenvalue weighted by Crippen LogP contribution is 2.39. The fraction of sp³-hybridized carbons (Fsp3) is 0.241. The number of carbonyl (C=O) groups is 2. The standard InChI is InChI=1S/C29H29NO5/c1-34-23-13-8-21(9-14-23)18-19-30-27(22-11-15-24(35-2)16-12-22)26(28(32)29(30)33)25(31)17-10-20-6-4-3-5-7-20/h3-9,11-16,27,32H,10,17-19H2,1-2H3. The van der Waals surface area contributed by atoms with Crippen LogP contribution in [0, 0.1) is 0 Å². The summed E-state index contributed by atoms with van der Waals surface area (Å²) in [6, 6.07) is 23.9. The first kappa shape index (κ1) is 24.1. The van der Waals surface area contributed by atoms with Crippen LogP contribution < -0.4 is 9.47 Å². The third-order valence-electron chi connectivity index (χ3n) is 6.32. The van der Waals surface area contributed by atoms with E-state index in [0.29, 0.717) is 25.1 Å². The highest BCUT2D eigenvalue weighted by atomic mass is 16.5. The van der Waals surface area contributed by atoms with Gasteiger partial charge in [0.25, 0.3) is 5.91 Å². The molecule has 180 valence electrons. The van der Waals surface area contributed by atoms with Crippen LogP contribution in [-0.4, -0.2) is 42.5 Å². The Morgan fingerprint density at radius 2 is 1.40 bits per heavy atom. The SMILES string of the molecule is COc1ccc(CCN2C(=O)C(O)=C(C(=O)CCc3ccccc3)C2c2ccc(OC)cc2)cc1. The normalized spacial score (nSPS) is 15.4. The predicted molar refractivity (Wildman–Crippen MR) is 134 cm³/mol. The summed E-state index contributed by atoms with van der Waals surface area (Å²) in [5.41, 5.74) is 2.96. The number of benzene rings is 3. The van der Waals surface area contributed by atoms with Crippen LogP contribution >= 0.6 is 0 Å². The lowest BCUT2D eigenvalue weighted by Gasteiger charge is -2.27. The van der Waals surface area contributed by atoms with E-state index in [2.05, 4.69) is 0 Å². The summed E-state index contributed by atoms with van der Waals surface area (Å²) in [7, 11) is 3.20. The molecule has 1 unspecified atom stereocenters. The van der Waals surface area contributed by atoms with Crippen molar-refractivity contribution < 1.29 is 24.2 Å². The molecule has 0 aliphatic carbocycles. The monoisotopic (exact) mass is 471 g/mol. The Morgan fingerprint density at radius 1 is 0.829 bits per heavy atom. The van der Waals surface area contributed by atoms with Gasteiger partial charge < -0.3 is 19.5 Å². The molecule has 3 aromatic carbocycles. The molecule has 1 heterocycles. The molecule has 1 N–H and O–H groups in total. The molecule has 4 rings (SSSR count). The van der Waals surface area contributed by atoms with Gasteiger partial charge in [0.1, 0.15) is 11.5 Å². The van der Waals surface area contributed by atoms with E-state index in [4.69, 9.17) is 9.47 Å². The fourth-order valence-electron chi connectivity index (χ4n) is 4.38. The maximum atomic E-state index is 13.3. The molecule has 0 spiro atoms. The van der Waals surface area contributed by atoms with E-state index in [-0.39, 0.29) is 17.8 Å². The Balaban J connectivity index is 1.59. The van der Waals surface area contributed by atoms with E-state index in [0.717, 1.165) is 22.4 Å². The van der Waals surface area contributed by atoms with Gasteiger partial charge in [-0.25, -0.2) is 0 Å². The summed E-state index contributed by atoms with van der Waals surface area (Å²) in [5.74, 6) is 0.217. The molecule has 1 amide bonds. The van der Waals surface area contributed by atoms with Gasteiger partial charge in [-0.2, -0.15) is 0 Å². The van der Waals surface area contributed by atoms with Crippen molar-refractivity contribution in [2.24, 2.45) is 0 Å². The first-order valence-electron chi connectivity index (χ1n) is 11.6. The Hall–Kier alpha value is -4.06. The van der Waals surface area contributed by atoms with E-state index in [1.807, 2.05) is 66.7 Å². The number of aliphatic hydroxyl groups excluding tert-OH is 1. The third-order valence-corrected chi connectivity index (χ3v) is 6.32. The molecule has 3 aromatic rings. The second-order valence-corrected chi connectivity index (χ2v) is 8.44. The highest BCUT2D eigenvalue weighted by Gasteiger charge is 2.42. The first-order valence-corrected chi connectivity index (χ1v) is 11.6. The molecule has 35 heavy (non-hydrogen) atoms. The average molecular weight is 472 g/mol. The molecule has 0 aromatic heterocycles. The van der Waals surface area contributed by atoms with Crippen LogP contribution in [0.15, 0.2) is 90.2 Å². The van der Waals surface area contributed by atoms with E-state index in [1.165, 1.54) is 0 Å². The number of Topliss-reactive ketones (excluding diaryl/α,β-unsaturated/α-hetero) is 1.